The fraction of sp³-hybridized carbons (Fsp3) is 0.526. The van der Waals surface area contributed by atoms with Gasteiger partial charge in [-0.15, -0.1) is 0 Å². The Morgan fingerprint density at radius 3 is 3.00 bits per heavy atom. The molecule has 1 aromatic carbocycles. The highest BCUT2D eigenvalue weighted by Crippen LogP contribution is 2.44. The molecule has 3 aliphatic rings. The molecule has 1 aliphatic carbocycles. The quantitative estimate of drug-likeness (QED) is 0.912. The Morgan fingerprint density at radius 1 is 1.35 bits per heavy atom. The van der Waals surface area contributed by atoms with Gasteiger partial charge in [0.15, 0.2) is 0 Å². The van der Waals surface area contributed by atoms with E-state index in [1.54, 1.807) is 0 Å². The maximum absolute atomic E-state index is 12.6. The first-order valence-electron chi connectivity index (χ1n) is 8.70. The van der Waals surface area contributed by atoms with E-state index in [-0.39, 0.29) is 17.9 Å². The summed E-state index contributed by atoms with van der Waals surface area (Å²) in [5.41, 5.74) is 1.70. The van der Waals surface area contributed by atoms with Gasteiger partial charge in [0, 0.05) is 29.6 Å². The summed E-state index contributed by atoms with van der Waals surface area (Å²) < 4.78 is 0. The topological polar surface area (TPSA) is 56.3 Å². The predicted molar refractivity (Wildman–Crippen MR) is 90.1 cm³/mol. The van der Waals surface area contributed by atoms with Crippen LogP contribution in [0.4, 0.5) is 0 Å². The molecule has 4 nitrogen and oxygen atoms in total. The van der Waals surface area contributed by atoms with Gasteiger partial charge in [-0.05, 0) is 43.7 Å². The van der Waals surface area contributed by atoms with Crippen LogP contribution in [-0.4, -0.2) is 39.1 Å². The van der Waals surface area contributed by atoms with Gasteiger partial charge in [-0.25, -0.2) is 0 Å². The first-order valence-corrected chi connectivity index (χ1v) is 8.70. The number of carbonyl (C=O) groups is 1. The molecule has 4 heteroatoms. The normalized spacial score (nSPS) is 30.3. The average molecular weight is 312 g/mol. The van der Waals surface area contributed by atoms with E-state index in [4.69, 9.17) is 0 Å². The molecule has 1 saturated carbocycles. The number of aromatic nitrogens is 1. The van der Waals surface area contributed by atoms with E-state index < -0.39 is 5.60 Å². The summed E-state index contributed by atoms with van der Waals surface area (Å²) in [4.78, 5) is 17.9. The number of hydrogen-bond donors (Lipinski definition) is 2. The summed E-state index contributed by atoms with van der Waals surface area (Å²) in [7, 11) is 0. The van der Waals surface area contributed by atoms with E-state index in [9.17, 15) is 9.90 Å². The largest absolute Gasteiger partial charge is 0.388 e. The second-order valence-electron chi connectivity index (χ2n) is 7.09. The van der Waals surface area contributed by atoms with Gasteiger partial charge in [0.05, 0.1) is 11.6 Å². The molecular weight excluding hydrogens is 288 g/mol. The summed E-state index contributed by atoms with van der Waals surface area (Å²) in [6, 6.07) is 8.26. The molecule has 3 heterocycles. The zero-order valence-electron chi connectivity index (χ0n) is 13.6. The number of aromatic amines is 1. The van der Waals surface area contributed by atoms with Crippen LogP contribution < -0.4 is 0 Å². The van der Waals surface area contributed by atoms with Crippen molar-refractivity contribution in [2.24, 2.45) is 5.92 Å². The fourth-order valence-corrected chi connectivity index (χ4v) is 4.56. The van der Waals surface area contributed by atoms with Crippen molar-refractivity contribution in [1.82, 2.24) is 9.88 Å². The third-order valence-corrected chi connectivity index (χ3v) is 5.93. The van der Waals surface area contributed by atoms with Crippen molar-refractivity contribution in [2.75, 3.05) is 6.54 Å². The van der Waals surface area contributed by atoms with Crippen LogP contribution in [0.5, 0.6) is 0 Å². The van der Waals surface area contributed by atoms with Crippen LogP contribution in [0.1, 0.15) is 38.2 Å². The number of benzene rings is 1. The van der Waals surface area contributed by atoms with Crippen molar-refractivity contribution < 1.29 is 9.90 Å². The first kappa shape index (κ1) is 14.8. The summed E-state index contributed by atoms with van der Waals surface area (Å²) in [6.45, 7) is 2.73. The smallest absolute Gasteiger partial charge is 0.226 e. The van der Waals surface area contributed by atoms with Crippen LogP contribution in [-0.2, 0) is 11.2 Å². The minimum absolute atomic E-state index is 0.00444. The molecule has 5 rings (SSSR count). The van der Waals surface area contributed by atoms with Crippen molar-refractivity contribution in [3.8, 4) is 0 Å². The summed E-state index contributed by atoms with van der Waals surface area (Å²) >= 11 is 0. The van der Waals surface area contributed by atoms with Crippen molar-refractivity contribution >= 4 is 16.8 Å². The number of aliphatic hydroxyl groups is 1. The SMILES string of the molecule is CC[C@@]1(O)C[C@@H]2CC[C@H]1N(CCc1c[nH]c3ccccc13)C2=O. The number of amides is 1. The second kappa shape index (κ2) is 5.38. The van der Waals surface area contributed by atoms with E-state index in [1.165, 1.54) is 10.9 Å². The lowest BCUT2D eigenvalue weighted by molar-refractivity contribution is -0.173. The molecule has 1 aromatic heterocycles. The van der Waals surface area contributed by atoms with Crippen LogP contribution in [0.3, 0.4) is 0 Å². The highest BCUT2D eigenvalue weighted by atomic mass is 16.3. The monoisotopic (exact) mass is 312 g/mol. The van der Waals surface area contributed by atoms with E-state index in [2.05, 4.69) is 17.1 Å². The van der Waals surface area contributed by atoms with Gasteiger partial charge in [-0.1, -0.05) is 25.1 Å². The summed E-state index contributed by atoms with van der Waals surface area (Å²) in [5.74, 6) is 0.270. The van der Waals surface area contributed by atoms with Crippen LogP contribution in [0.25, 0.3) is 10.9 Å². The van der Waals surface area contributed by atoms with E-state index in [1.807, 2.05) is 30.2 Å². The molecule has 2 aromatic rings. The Bertz CT molecular complexity index is 738. The number of nitrogens with one attached hydrogen (secondary N) is 1. The summed E-state index contributed by atoms with van der Waals surface area (Å²) in [6.07, 6.45) is 6.13. The zero-order valence-corrected chi connectivity index (χ0v) is 13.6. The number of para-hydroxylation sites is 1. The standard InChI is InChI=1S/C19H24N2O2/c1-2-19(23)11-13-7-8-17(19)21(18(13)22)10-9-14-12-20-16-6-4-3-5-15(14)16/h3-6,12-13,17,20,23H,2,7-11H2,1H3/t13-,17+,19+/m0/s1. The average Bonchev–Trinajstić information content (AvgIpc) is 2.98. The van der Waals surface area contributed by atoms with Crippen molar-refractivity contribution in [1.29, 1.82) is 0 Å². The molecule has 3 atom stereocenters. The van der Waals surface area contributed by atoms with E-state index in [0.29, 0.717) is 13.0 Å². The molecule has 2 N–H and O–H groups in total. The zero-order chi connectivity index (χ0) is 16.0. The molecule has 0 spiro atoms. The van der Waals surface area contributed by atoms with Crippen LogP contribution in [0.15, 0.2) is 30.5 Å². The summed E-state index contributed by atoms with van der Waals surface area (Å²) in [5, 5.41) is 12.1. The number of rotatable bonds is 4. The lowest BCUT2D eigenvalue weighted by Crippen LogP contribution is -2.65. The molecule has 3 fully saturated rings. The Morgan fingerprint density at radius 2 is 2.17 bits per heavy atom. The van der Waals surface area contributed by atoms with Crippen LogP contribution in [0.2, 0.25) is 0 Å². The molecule has 0 radical (unpaired) electrons. The molecule has 2 saturated heterocycles. The number of H-pyrrole nitrogens is 1. The third-order valence-electron chi connectivity index (χ3n) is 5.93. The molecule has 1 amide bonds. The predicted octanol–water partition coefficient (Wildman–Crippen LogP) is 2.86. The lowest BCUT2D eigenvalue weighted by Gasteiger charge is -2.54. The highest BCUT2D eigenvalue weighted by Gasteiger charge is 2.52. The Kier molecular flexibility index (Phi) is 3.45. The minimum Gasteiger partial charge on any atom is -0.388 e. The van der Waals surface area contributed by atoms with Crippen LogP contribution in [0, 0.1) is 5.92 Å². The number of hydrogen-bond acceptors (Lipinski definition) is 2. The Labute approximate surface area is 136 Å². The van der Waals surface area contributed by atoms with Gasteiger partial charge in [0.25, 0.3) is 0 Å². The minimum atomic E-state index is -0.683. The lowest BCUT2D eigenvalue weighted by atomic mass is 9.68. The Balaban J connectivity index is 1.55. The fourth-order valence-electron chi connectivity index (χ4n) is 4.56. The van der Waals surface area contributed by atoms with E-state index in [0.717, 1.165) is 31.2 Å². The third kappa shape index (κ3) is 2.27. The van der Waals surface area contributed by atoms with Crippen molar-refractivity contribution in [3.05, 3.63) is 36.0 Å². The van der Waals surface area contributed by atoms with Gasteiger partial charge in [0.2, 0.25) is 5.91 Å². The van der Waals surface area contributed by atoms with Gasteiger partial charge in [-0.3, -0.25) is 4.79 Å². The molecule has 122 valence electrons. The van der Waals surface area contributed by atoms with Gasteiger partial charge >= 0.3 is 0 Å². The highest BCUT2D eigenvalue weighted by molar-refractivity contribution is 5.84. The number of nitrogens with zero attached hydrogens (tertiary/aromatic N) is 1. The van der Waals surface area contributed by atoms with Gasteiger partial charge in [-0.2, -0.15) is 0 Å². The van der Waals surface area contributed by atoms with Crippen molar-refractivity contribution in [2.45, 2.75) is 50.7 Å². The van der Waals surface area contributed by atoms with E-state index >= 15 is 0 Å². The number of fused-ring (bicyclic) bond motifs is 4. The molecule has 0 unspecified atom stereocenters. The molecular formula is C19H24N2O2. The van der Waals surface area contributed by atoms with Crippen molar-refractivity contribution in [3.63, 3.8) is 0 Å². The molecule has 2 aliphatic heterocycles. The molecule has 23 heavy (non-hydrogen) atoms. The Hall–Kier alpha value is -1.81. The van der Waals surface area contributed by atoms with Crippen LogP contribution >= 0.6 is 0 Å². The number of carbonyl (C=O) groups excluding carboxylic acids is 1. The van der Waals surface area contributed by atoms with Gasteiger partial charge in [0.1, 0.15) is 0 Å². The maximum Gasteiger partial charge on any atom is 0.226 e. The second-order valence-corrected chi connectivity index (χ2v) is 7.09. The van der Waals surface area contributed by atoms with Gasteiger partial charge < -0.3 is 15.0 Å². The first-order chi connectivity index (χ1) is 11.1. The number of piperidine rings is 2. The molecule has 2 bridgehead atoms. The maximum atomic E-state index is 12.6.